The number of hydrogen-bond donors (Lipinski definition) is 1. The van der Waals surface area contributed by atoms with Gasteiger partial charge in [0.15, 0.2) is 0 Å². The molecule has 0 fully saturated rings. The molecule has 13 heavy (non-hydrogen) atoms. The molecule has 70 valence electrons. The normalized spacial score (nSPS) is 21.2. The Bertz CT molecular complexity index is 304. The number of nitrogens with one attached hydrogen (secondary N) is 1. The largest absolute Gasteiger partial charge is 0.312 e. The van der Waals surface area contributed by atoms with Crippen LogP contribution >= 0.6 is 0 Å². The molecule has 2 rings (SSSR count). The van der Waals surface area contributed by atoms with Crippen LogP contribution in [0.25, 0.3) is 0 Å². The number of hydrogen-bond acceptors (Lipinski definition) is 1. The smallest absolute Gasteiger partial charge is 0.0208 e. The van der Waals surface area contributed by atoms with Crippen LogP contribution in [0, 0.1) is 6.92 Å². The van der Waals surface area contributed by atoms with Crippen LogP contribution in [0.4, 0.5) is 0 Å². The van der Waals surface area contributed by atoms with Crippen molar-refractivity contribution < 1.29 is 0 Å². The van der Waals surface area contributed by atoms with Crippen LogP contribution in [0.5, 0.6) is 0 Å². The third-order valence-electron chi connectivity index (χ3n) is 2.94. The van der Waals surface area contributed by atoms with Crippen molar-refractivity contribution in [1.82, 2.24) is 5.32 Å². The molecule has 0 bridgehead atoms. The van der Waals surface area contributed by atoms with Gasteiger partial charge in [-0.05, 0) is 30.4 Å². The summed E-state index contributed by atoms with van der Waals surface area (Å²) in [6, 6.07) is 6.84. The number of fused-ring (bicyclic) bond motifs is 1. The van der Waals surface area contributed by atoms with E-state index in [4.69, 9.17) is 0 Å². The summed E-state index contributed by atoms with van der Waals surface area (Å²) in [6.45, 7) is 6.62. The maximum Gasteiger partial charge on any atom is 0.0208 e. The lowest BCUT2D eigenvalue weighted by molar-refractivity contribution is 0.530. The van der Waals surface area contributed by atoms with E-state index < -0.39 is 0 Å². The Morgan fingerprint density at radius 2 is 2.31 bits per heavy atom. The minimum Gasteiger partial charge on any atom is -0.312 e. The molecule has 1 heterocycles. The van der Waals surface area contributed by atoms with Gasteiger partial charge in [0.25, 0.3) is 0 Å². The Morgan fingerprint density at radius 3 is 3.08 bits per heavy atom. The molecule has 1 nitrogen and oxygen atoms in total. The Kier molecular flexibility index (Phi) is 2.36. The van der Waals surface area contributed by atoms with E-state index in [0.717, 1.165) is 19.0 Å². The molecule has 0 aliphatic carbocycles. The molecule has 1 aliphatic rings. The first-order valence-corrected chi connectivity index (χ1v) is 5.11. The van der Waals surface area contributed by atoms with E-state index in [1.807, 2.05) is 0 Å². The van der Waals surface area contributed by atoms with Crippen molar-refractivity contribution in [3.8, 4) is 0 Å². The fourth-order valence-electron chi connectivity index (χ4n) is 2.14. The maximum absolute atomic E-state index is 3.47. The molecule has 1 aromatic rings. The third kappa shape index (κ3) is 1.61. The molecular weight excluding hydrogens is 158 g/mol. The summed E-state index contributed by atoms with van der Waals surface area (Å²) in [7, 11) is 0. The van der Waals surface area contributed by atoms with Crippen molar-refractivity contribution >= 4 is 0 Å². The van der Waals surface area contributed by atoms with Crippen LogP contribution in [0.3, 0.4) is 0 Å². The third-order valence-corrected chi connectivity index (χ3v) is 2.94. The van der Waals surface area contributed by atoms with Crippen molar-refractivity contribution in [2.75, 3.05) is 6.54 Å². The minimum atomic E-state index is 0.726. The van der Waals surface area contributed by atoms with Gasteiger partial charge < -0.3 is 5.32 Å². The fourth-order valence-corrected chi connectivity index (χ4v) is 2.14. The second-order valence-electron chi connectivity index (χ2n) is 3.94. The topological polar surface area (TPSA) is 12.0 Å². The summed E-state index contributed by atoms with van der Waals surface area (Å²) in [5.74, 6) is 0.726. The Balaban J connectivity index is 2.40. The molecule has 0 saturated carbocycles. The second kappa shape index (κ2) is 3.51. The minimum absolute atomic E-state index is 0.726. The molecule has 0 aromatic heterocycles. The van der Waals surface area contributed by atoms with Crippen LogP contribution in [0.15, 0.2) is 18.2 Å². The zero-order valence-corrected chi connectivity index (χ0v) is 8.43. The Hall–Kier alpha value is -0.820. The van der Waals surface area contributed by atoms with Gasteiger partial charge in [-0.3, -0.25) is 0 Å². The molecule has 0 saturated heterocycles. The summed E-state index contributed by atoms with van der Waals surface area (Å²) in [5, 5.41) is 3.47. The summed E-state index contributed by atoms with van der Waals surface area (Å²) >= 11 is 0. The first kappa shape index (κ1) is 8.76. The lowest BCUT2D eigenvalue weighted by Gasteiger charge is -2.25. The van der Waals surface area contributed by atoms with Crippen LogP contribution < -0.4 is 5.32 Å². The molecule has 1 atom stereocenters. The predicted molar refractivity (Wildman–Crippen MR) is 55.9 cm³/mol. The van der Waals surface area contributed by atoms with Gasteiger partial charge in [0.2, 0.25) is 0 Å². The molecule has 0 amide bonds. The lowest BCUT2D eigenvalue weighted by Crippen LogP contribution is -2.27. The molecule has 1 aromatic carbocycles. The molecule has 1 unspecified atom stereocenters. The van der Waals surface area contributed by atoms with E-state index in [9.17, 15) is 0 Å². The monoisotopic (exact) mass is 175 g/mol. The Morgan fingerprint density at radius 1 is 1.46 bits per heavy atom. The van der Waals surface area contributed by atoms with Gasteiger partial charge in [0, 0.05) is 13.1 Å². The van der Waals surface area contributed by atoms with Gasteiger partial charge in [-0.1, -0.05) is 30.7 Å². The molecule has 0 spiro atoms. The van der Waals surface area contributed by atoms with E-state index >= 15 is 0 Å². The highest BCUT2D eigenvalue weighted by atomic mass is 14.9. The van der Waals surface area contributed by atoms with E-state index in [1.54, 1.807) is 5.56 Å². The van der Waals surface area contributed by atoms with Crippen LogP contribution in [0.2, 0.25) is 0 Å². The van der Waals surface area contributed by atoms with Crippen LogP contribution in [0.1, 0.15) is 36.0 Å². The molecule has 1 heteroatoms. The Labute approximate surface area is 80.2 Å². The first-order valence-electron chi connectivity index (χ1n) is 5.11. The lowest BCUT2D eigenvalue weighted by atomic mass is 9.88. The van der Waals surface area contributed by atoms with Crippen molar-refractivity contribution in [3.63, 3.8) is 0 Å². The van der Waals surface area contributed by atoms with E-state index in [0.29, 0.717) is 0 Å². The van der Waals surface area contributed by atoms with Crippen molar-refractivity contribution in [3.05, 3.63) is 34.9 Å². The zero-order chi connectivity index (χ0) is 9.26. The summed E-state index contributed by atoms with van der Waals surface area (Å²) in [5.41, 5.74) is 4.43. The molecular formula is C12H17N. The van der Waals surface area contributed by atoms with Crippen molar-refractivity contribution in [1.29, 1.82) is 0 Å². The maximum atomic E-state index is 3.47. The zero-order valence-electron chi connectivity index (χ0n) is 8.43. The standard InChI is InChI=1S/C12H17N/c1-3-10-7-13-8-11-6-9(2)4-5-12(10)11/h4-6,10,13H,3,7-8H2,1-2H3. The van der Waals surface area contributed by atoms with E-state index in [1.165, 1.54) is 17.5 Å². The van der Waals surface area contributed by atoms with Gasteiger partial charge in [-0.15, -0.1) is 0 Å². The van der Waals surface area contributed by atoms with Gasteiger partial charge in [0.1, 0.15) is 0 Å². The van der Waals surface area contributed by atoms with Gasteiger partial charge >= 0.3 is 0 Å². The molecule has 1 aliphatic heterocycles. The molecule has 0 radical (unpaired) electrons. The van der Waals surface area contributed by atoms with Gasteiger partial charge in [-0.2, -0.15) is 0 Å². The van der Waals surface area contributed by atoms with Crippen molar-refractivity contribution in [2.45, 2.75) is 32.7 Å². The summed E-state index contributed by atoms with van der Waals surface area (Å²) in [4.78, 5) is 0. The first-order chi connectivity index (χ1) is 6.31. The highest BCUT2D eigenvalue weighted by molar-refractivity contribution is 5.35. The second-order valence-corrected chi connectivity index (χ2v) is 3.94. The average molecular weight is 175 g/mol. The number of aryl methyl sites for hydroxylation is 1. The van der Waals surface area contributed by atoms with Crippen LogP contribution in [-0.4, -0.2) is 6.54 Å². The summed E-state index contributed by atoms with van der Waals surface area (Å²) < 4.78 is 0. The van der Waals surface area contributed by atoms with E-state index in [2.05, 4.69) is 37.4 Å². The van der Waals surface area contributed by atoms with Crippen molar-refractivity contribution in [2.24, 2.45) is 0 Å². The van der Waals surface area contributed by atoms with Gasteiger partial charge in [0.05, 0.1) is 0 Å². The summed E-state index contributed by atoms with van der Waals surface area (Å²) in [6.07, 6.45) is 1.24. The highest BCUT2D eigenvalue weighted by Crippen LogP contribution is 2.26. The van der Waals surface area contributed by atoms with E-state index in [-0.39, 0.29) is 0 Å². The molecule has 1 N–H and O–H groups in total. The highest BCUT2D eigenvalue weighted by Gasteiger charge is 2.17. The quantitative estimate of drug-likeness (QED) is 0.691. The van der Waals surface area contributed by atoms with Gasteiger partial charge in [-0.25, -0.2) is 0 Å². The number of benzene rings is 1. The SMILES string of the molecule is CCC1CNCc2cc(C)ccc21. The average Bonchev–Trinajstić information content (AvgIpc) is 2.16. The fraction of sp³-hybridized carbons (Fsp3) is 0.500. The predicted octanol–water partition coefficient (Wildman–Crippen LogP) is 2.59. The number of rotatable bonds is 1. The van der Waals surface area contributed by atoms with Crippen LogP contribution in [-0.2, 0) is 6.54 Å².